The lowest BCUT2D eigenvalue weighted by molar-refractivity contribution is -0.274. The van der Waals surface area contributed by atoms with E-state index in [1.54, 1.807) is 18.5 Å². The molecule has 1 saturated heterocycles. The normalized spacial score (nSPS) is 17.2. The third-order valence-electron chi connectivity index (χ3n) is 4.51. The van der Waals surface area contributed by atoms with E-state index in [1.807, 2.05) is 0 Å². The number of nitrogens with zero attached hydrogens (tertiary/aromatic N) is 4. The fourth-order valence-corrected chi connectivity index (χ4v) is 3.15. The van der Waals surface area contributed by atoms with Crippen molar-refractivity contribution in [3.8, 4) is 5.75 Å². The summed E-state index contributed by atoms with van der Waals surface area (Å²) >= 11 is 0. The molecule has 2 heterocycles. The van der Waals surface area contributed by atoms with Crippen molar-refractivity contribution in [3.05, 3.63) is 48.3 Å². The minimum atomic E-state index is -4.70. The average molecular weight is 536 g/mol. The van der Waals surface area contributed by atoms with Gasteiger partial charge in [-0.05, 0) is 42.5 Å². The van der Waals surface area contributed by atoms with Crippen molar-refractivity contribution < 1.29 is 17.9 Å². The van der Waals surface area contributed by atoms with Gasteiger partial charge in [0.2, 0.25) is 5.95 Å². The first-order chi connectivity index (χ1) is 13.9. The quantitative estimate of drug-likeness (QED) is 0.335. The third kappa shape index (κ3) is 7.84. The maximum absolute atomic E-state index is 12.2. The fraction of sp³-hybridized carbons (Fsp3) is 0.421. The van der Waals surface area contributed by atoms with E-state index in [1.165, 1.54) is 24.3 Å². The van der Waals surface area contributed by atoms with Gasteiger partial charge in [0.05, 0.1) is 6.54 Å². The van der Waals surface area contributed by atoms with E-state index < -0.39 is 6.36 Å². The van der Waals surface area contributed by atoms with Crippen LogP contribution in [0.25, 0.3) is 0 Å². The first kappa shape index (κ1) is 24.0. The number of piperidine rings is 1. The molecule has 11 heteroatoms. The zero-order valence-electron chi connectivity index (χ0n) is 16.2. The molecule has 1 aliphatic heterocycles. The standard InChI is InChI=1S/C19H23F3N6O.HI/c20-19(21,22)29-16-6-4-14(5-7-16)11-26-17(23)27-12-15-3-1-10-28(13-15)18-24-8-2-9-25-18;/h2,4-9,15H,1,3,10-13H2,(H3,23,26,27);1H. The van der Waals surface area contributed by atoms with Crippen LogP contribution in [0.4, 0.5) is 19.1 Å². The topological polar surface area (TPSA) is 88.7 Å². The van der Waals surface area contributed by atoms with Crippen LogP contribution < -0.4 is 20.7 Å². The minimum Gasteiger partial charge on any atom is -0.406 e. The van der Waals surface area contributed by atoms with Crippen molar-refractivity contribution in [2.45, 2.75) is 25.7 Å². The molecule has 1 unspecified atom stereocenters. The van der Waals surface area contributed by atoms with Gasteiger partial charge in [0, 0.05) is 32.0 Å². The summed E-state index contributed by atoms with van der Waals surface area (Å²) in [5, 5.41) is 3.12. The van der Waals surface area contributed by atoms with Crippen LogP contribution in [0.3, 0.4) is 0 Å². The summed E-state index contributed by atoms with van der Waals surface area (Å²) in [6, 6.07) is 7.35. The first-order valence-electron chi connectivity index (χ1n) is 9.29. The molecule has 1 atom stereocenters. The highest BCUT2D eigenvalue weighted by Crippen LogP contribution is 2.23. The Morgan fingerprint density at radius 2 is 1.93 bits per heavy atom. The molecule has 0 radical (unpaired) electrons. The number of rotatable bonds is 6. The van der Waals surface area contributed by atoms with E-state index in [0.717, 1.165) is 37.4 Å². The Morgan fingerprint density at radius 1 is 1.23 bits per heavy atom. The lowest BCUT2D eigenvalue weighted by Crippen LogP contribution is -2.43. The summed E-state index contributed by atoms with van der Waals surface area (Å²) in [5.74, 6) is 1.16. The van der Waals surface area contributed by atoms with Crippen LogP contribution in [0.2, 0.25) is 0 Å². The van der Waals surface area contributed by atoms with E-state index >= 15 is 0 Å². The summed E-state index contributed by atoms with van der Waals surface area (Å²) < 4.78 is 40.4. The van der Waals surface area contributed by atoms with Gasteiger partial charge >= 0.3 is 6.36 Å². The number of anilines is 1. The van der Waals surface area contributed by atoms with Crippen LogP contribution in [-0.2, 0) is 6.54 Å². The van der Waals surface area contributed by atoms with Gasteiger partial charge in [-0.15, -0.1) is 37.1 Å². The molecule has 2 aromatic rings. The fourth-order valence-electron chi connectivity index (χ4n) is 3.15. The van der Waals surface area contributed by atoms with Crippen molar-refractivity contribution in [2.75, 3.05) is 24.5 Å². The van der Waals surface area contributed by atoms with Crippen molar-refractivity contribution in [3.63, 3.8) is 0 Å². The van der Waals surface area contributed by atoms with E-state index in [4.69, 9.17) is 5.73 Å². The Labute approximate surface area is 190 Å². The second-order valence-electron chi connectivity index (χ2n) is 6.78. The molecule has 3 N–H and O–H groups in total. The molecule has 1 fully saturated rings. The molecule has 3 rings (SSSR count). The number of aliphatic imine (C=N–C) groups is 1. The van der Waals surface area contributed by atoms with Crippen molar-refractivity contribution in [2.24, 2.45) is 16.6 Å². The van der Waals surface area contributed by atoms with E-state index in [0.29, 0.717) is 18.4 Å². The van der Waals surface area contributed by atoms with Crippen molar-refractivity contribution >= 4 is 35.9 Å². The summed E-state index contributed by atoms with van der Waals surface area (Å²) in [5.41, 5.74) is 6.66. The maximum atomic E-state index is 12.2. The number of nitrogens with two attached hydrogens (primary N) is 1. The number of hydrogen-bond acceptors (Lipinski definition) is 5. The number of hydrogen-bond donors (Lipinski definition) is 2. The van der Waals surface area contributed by atoms with Gasteiger partial charge in [0.25, 0.3) is 0 Å². The Morgan fingerprint density at radius 3 is 2.60 bits per heavy atom. The van der Waals surface area contributed by atoms with Crippen LogP contribution in [0.15, 0.2) is 47.7 Å². The molecular formula is C19H24F3IN6O. The molecule has 0 saturated carbocycles. The van der Waals surface area contributed by atoms with Crippen LogP contribution in [-0.4, -0.2) is 41.9 Å². The first-order valence-corrected chi connectivity index (χ1v) is 9.29. The summed E-state index contributed by atoms with van der Waals surface area (Å²) in [7, 11) is 0. The molecule has 1 aromatic heterocycles. The van der Waals surface area contributed by atoms with Gasteiger partial charge in [-0.2, -0.15) is 0 Å². The van der Waals surface area contributed by atoms with Crippen LogP contribution >= 0.6 is 24.0 Å². The van der Waals surface area contributed by atoms with Gasteiger partial charge in [-0.25, -0.2) is 15.0 Å². The summed E-state index contributed by atoms with van der Waals surface area (Å²) in [6.07, 6.45) is 0.890. The Hall–Kier alpha value is -2.31. The van der Waals surface area contributed by atoms with Crippen molar-refractivity contribution in [1.82, 2.24) is 15.3 Å². The number of halogens is 4. The molecule has 0 amide bonds. The van der Waals surface area contributed by atoms with Gasteiger partial charge < -0.3 is 20.7 Å². The Bertz CT molecular complexity index is 804. The highest BCUT2D eigenvalue weighted by atomic mass is 127. The molecule has 0 spiro atoms. The van der Waals surface area contributed by atoms with Gasteiger partial charge in [-0.1, -0.05) is 12.1 Å². The summed E-state index contributed by atoms with van der Waals surface area (Å²) in [6.45, 7) is 2.71. The van der Waals surface area contributed by atoms with Crippen LogP contribution in [0.1, 0.15) is 18.4 Å². The second kappa shape index (κ2) is 11.2. The van der Waals surface area contributed by atoms with Gasteiger partial charge in [-0.3, -0.25) is 0 Å². The maximum Gasteiger partial charge on any atom is 0.573 e. The number of alkyl halides is 3. The molecule has 1 aromatic carbocycles. The van der Waals surface area contributed by atoms with E-state index in [-0.39, 0.29) is 36.3 Å². The minimum absolute atomic E-state index is 0. The molecule has 1 aliphatic rings. The van der Waals surface area contributed by atoms with Gasteiger partial charge in [0.1, 0.15) is 5.75 Å². The highest BCUT2D eigenvalue weighted by Gasteiger charge is 2.30. The highest BCUT2D eigenvalue weighted by molar-refractivity contribution is 14.0. The zero-order chi connectivity index (χ0) is 20.7. The third-order valence-corrected chi connectivity index (χ3v) is 4.51. The molecule has 7 nitrogen and oxygen atoms in total. The lowest BCUT2D eigenvalue weighted by atomic mass is 9.98. The zero-order valence-corrected chi connectivity index (χ0v) is 18.5. The number of benzene rings is 1. The van der Waals surface area contributed by atoms with Gasteiger partial charge in [0.15, 0.2) is 5.96 Å². The second-order valence-corrected chi connectivity index (χ2v) is 6.78. The molecule has 164 valence electrons. The Balaban J connectivity index is 0.00000320. The molecular weight excluding hydrogens is 512 g/mol. The number of guanidine groups is 1. The van der Waals surface area contributed by atoms with Crippen LogP contribution in [0.5, 0.6) is 5.75 Å². The predicted molar refractivity (Wildman–Crippen MR) is 119 cm³/mol. The monoisotopic (exact) mass is 536 g/mol. The smallest absolute Gasteiger partial charge is 0.406 e. The number of ether oxygens (including phenoxy) is 1. The van der Waals surface area contributed by atoms with Crippen LogP contribution in [0, 0.1) is 5.92 Å². The predicted octanol–water partition coefficient (Wildman–Crippen LogP) is 3.31. The largest absolute Gasteiger partial charge is 0.573 e. The lowest BCUT2D eigenvalue weighted by Gasteiger charge is -2.32. The molecule has 0 aliphatic carbocycles. The SMILES string of the molecule is I.NC(=NCc1ccc(OC(F)(F)F)cc1)NCC1CCCN(c2ncccn2)C1. The average Bonchev–Trinajstić information content (AvgIpc) is 2.71. The molecule has 30 heavy (non-hydrogen) atoms. The van der Waals surface area contributed by atoms with E-state index in [2.05, 4.69) is 29.9 Å². The number of nitrogens with one attached hydrogen (secondary N) is 1. The number of aromatic nitrogens is 2. The molecule has 0 bridgehead atoms. The Kier molecular flexibility index (Phi) is 8.93. The van der Waals surface area contributed by atoms with Crippen molar-refractivity contribution in [1.29, 1.82) is 0 Å². The van der Waals surface area contributed by atoms with E-state index in [9.17, 15) is 13.2 Å². The summed E-state index contributed by atoms with van der Waals surface area (Å²) in [4.78, 5) is 15.0.